The van der Waals surface area contributed by atoms with Crippen LogP contribution in [0, 0.1) is 0 Å². The van der Waals surface area contributed by atoms with Crippen molar-refractivity contribution < 1.29 is 0 Å². The summed E-state index contributed by atoms with van der Waals surface area (Å²) in [5.41, 5.74) is 9.20. The Morgan fingerprint density at radius 3 is 2.88 bits per heavy atom. The molecule has 1 unspecified atom stereocenters. The Balaban J connectivity index is 2.13. The van der Waals surface area contributed by atoms with Gasteiger partial charge in [0.05, 0.1) is 17.4 Å². The summed E-state index contributed by atoms with van der Waals surface area (Å²) >= 11 is 0. The normalized spacial score (nSPS) is 12.6. The molecule has 5 nitrogen and oxygen atoms in total. The summed E-state index contributed by atoms with van der Waals surface area (Å²) in [6, 6.07) is 3.83. The molecule has 0 aliphatic carbocycles. The highest BCUT2D eigenvalue weighted by molar-refractivity contribution is 5.14. The first-order chi connectivity index (χ1) is 8.20. The third-order valence-corrected chi connectivity index (χ3v) is 2.80. The number of rotatable bonds is 4. The maximum absolute atomic E-state index is 6.12. The molecule has 0 amide bonds. The first-order valence-electron chi connectivity index (χ1n) is 5.74. The lowest BCUT2D eigenvalue weighted by Gasteiger charge is -2.10. The highest BCUT2D eigenvalue weighted by Gasteiger charge is 2.11. The molecule has 17 heavy (non-hydrogen) atoms. The van der Waals surface area contributed by atoms with Gasteiger partial charge in [0, 0.05) is 25.4 Å². The van der Waals surface area contributed by atoms with Gasteiger partial charge in [0.2, 0.25) is 0 Å². The van der Waals surface area contributed by atoms with E-state index in [0.29, 0.717) is 0 Å². The number of hydrogen-bond acceptors (Lipinski definition) is 4. The van der Waals surface area contributed by atoms with Crippen molar-refractivity contribution >= 4 is 0 Å². The standard InChI is InChI=1S/C12H17N5/c1-3-9-6-10(17(2)16-9)7-11(13)12-4-5-14-8-15-12/h4-6,8,11H,3,7,13H2,1-2H3. The second kappa shape index (κ2) is 5.05. The molecule has 0 saturated heterocycles. The first-order valence-corrected chi connectivity index (χ1v) is 5.74. The lowest BCUT2D eigenvalue weighted by Crippen LogP contribution is -2.16. The van der Waals surface area contributed by atoms with Crippen LogP contribution in [0.2, 0.25) is 0 Å². The van der Waals surface area contributed by atoms with Crippen LogP contribution in [-0.2, 0) is 19.9 Å². The van der Waals surface area contributed by atoms with Gasteiger partial charge in [0.15, 0.2) is 0 Å². The average Bonchev–Trinajstić information content (AvgIpc) is 2.71. The van der Waals surface area contributed by atoms with Crippen LogP contribution in [0.3, 0.4) is 0 Å². The predicted molar refractivity (Wildman–Crippen MR) is 65.3 cm³/mol. The Labute approximate surface area is 101 Å². The van der Waals surface area contributed by atoms with Gasteiger partial charge in [-0.3, -0.25) is 4.68 Å². The summed E-state index contributed by atoms with van der Waals surface area (Å²) in [5, 5.41) is 4.40. The van der Waals surface area contributed by atoms with Gasteiger partial charge >= 0.3 is 0 Å². The van der Waals surface area contributed by atoms with Crippen molar-refractivity contribution in [1.82, 2.24) is 19.7 Å². The summed E-state index contributed by atoms with van der Waals surface area (Å²) in [4.78, 5) is 8.05. The van der Waals surface area contributed by atoms with Crippen LogP contribution in [0.5, 0.6) is 0 Å². The van der Waals surface area contributed by atoms with E-state index in [-0.39, 0.29) is 6.04 Å². The number of aromatic nitrogens is 4. The van der Waals surface area contributed by atoms with E-state index in [0.717, 1.165) is 29.9 Å². The molecule has 1 atom stereocenters. The minimum absolute atomic E-state index is 0.113. The molecule has 0 radical (unpaired) electrons. The predicted octanol–water partition coefficient (Wildman–Crippen LogP) is 1.02. The van der Waals surface area contributed by atoms with Crippen LogP contribution in [0.15, 0.2) is 24.7 Å². The largest absolute Gasteiger partial charge is 0.322 e. The van der Waals surface area contributed by atoms with Crippen molar-refractivity contribution in [3.8, 4) is 0 Å². The molecule has 2 heterocycles. The number of aryl methyl sites for hydroxylation is 2. The third kappa shape index (κ3) is 2.68. The van der Waals surface area contributed by atoms with Gasteiger partial charge in [-0.25, -0.2) is 9.97 Å². The molecular weight excluding hydrogens is 214 g/mol. The SMILES string of the molecule is CCc1cc(CC(N)c2ccncn2)n(C)n1. The maximum Gasteiger partial charge on any atom is 0.115 e. The van der Waals surface area contributed by atoms with E-state index in [1.165, 1.54) is 6.33 Å². The Hall–Kier alpha value is -1.75. The van der Waals surface area contributed by atoms with Crippen molar-refractivity contribution in [2.75, 3.05) is 0 Å². The van der Waals surface area contributed by atoms with E-state index in [2.05, 4.69) is 28.1 Å². The summed E-state index contributed by atoms with van der Waals surface area (Å²) in [6.45, 7) is 2.09. The molecule has 5 heteroatoms. The molecule has 0 aliphatic rings. The summed E-state index contributed by atoms with van der Waals surface area (Å²) in [7, 11) is 1.95. The zero-order valence-electron chi connectivity index (χ0n) is 10.2. The highest BCUT2D eigenvalue weighted by Crippen LogP contribution is 2.14. The number of nitrogens with zero attached hydrogens (tertiary/aromatic N) is 4. The van der Waals surface area contributed by atoms with Crippen molar-refractivity contribution in [3.63, 3.8) is 0 Å². The molecule has 0 spiro atoms. The summed E-state index contributed by atoms with van der Waals surface area (Å²) < 4.78 is 1.89. The van der Waals surface area contributed by atoms with Gasteiger partial charge in [-0.15, -0.1) is 0 Å². The summed E-state index contributed by atoms with van der Waals surface area (Å²) in [6.07, 6.45) is 4.91. The molecule has 0 fully saturated rings. The van der Waals surface area contributed by atoms with E-state index in [4.69, 9.17) is 5.73 Å². The molecule has 0 aliphatic heterocycles. The molecule has 0 bridgehead atoms. The van der Waals surface area contributed by atoms with Crippen LogP contribution in [0.25, 0.3) is 0 Å². The number of nitrogens with two attached hydrogens (primary N) is 1. The van der Waals surface area contributed by atoms with Crippen molar-refractivity contribution in [3.05, 3.63) is 41.7 Å². The zero-order valence-corrected chi connectivity index (χ0v) is 10.2. The Kier molecular flexibility index (Phi) is 3.49. The summed E-state index contributed by atoms with van der Waals surface area (Å²) in [5.74, 6) is 0. The Morgan fingerprint density at radius 1 is 1.47 bits per heavy atom. The molecule has 0 aromatic carbocycles. The van der Waals surface area contributed by atoms with E-state index in [9.17, 15) is 0 Å². The zero-order chi connectivity index (χ0) is 12.3. The van der Waals surface area contributed by atoms with Crippen LogP contribution in [-0.4, -0.2) is 19.7 Å². The lowest BCUT2D eigenvalue weighted by molar-refractivity contribution is 0.626. The van der Waals surface area contributed by atoms with Crippen LogP contribution >= 0.6 is 0 Å². The molecule has 0 saturated carbocycles. The lowest BCUT2D eigenvalue weighted by atomic mass is 10.1. The first kappa shape index (κ1) is 11.7. The minimum Gasteiger partial charge on any atom is -0.322 e. The molecule has 2 N–H and O–H groups in total. The van der Waals surface area contributed by atoms with Crippen LogP contribution < -0.4 is 5.73 Å². The monoisotopic (exact) mass is 231 g/mol. The van der Waals surface area contributed by atoms with E-state index < -0.39 is 0 Å². The van der Waals surface area contributed by atoms with E-state index >= 15 is 0 Å². The average molecular weight is 231 g/mol. The van der Waals surface area contributed by atoms with Crippen molar-refractivity contribution in [1.29, 1.82) is 0 Å². The molecule has 2 rings (SSSR count). The smallest absolute Gasteiger partial charge is 0.115 e. The fourth-order valence-electron chi connectivity index (χ4n) is 1.79. The van der Waals surface area contributed by atoms with Crippen molar-refractivity contribution in [2.24, 2.45) is 12.8 Å². The van der Waals surface area contributed by atoms with Crippen LogP contribution in [0.1, 0.15) is 30.0 Å². The molecule has 2 aromatic rings. The van der Waals surface area contributed by atoms with Gasteiger partial charge in [-0.1, -0.05) is 6.92 Å². The Morgan fingerprint density at radius 2 is 2.29 bits per heavy atom. The molecule has 90 valence electrons. The fraction of sp³-hybridized carbons (Fsp3) is 0.417. The minimum atomic E-state index is -0.113. The van der Waals surface area contributed by atoms with Gasteiger partial charge in [0.1, 0.15) is 6.33 Å². The van der Waals surface area contributed by atoms with Gasteiger partial charge in [0.25, 0.3) is 0 Å². The van der Waals surface area contributed by atoms with Gasteiger partial charge < -0.3 is 5.73 Å². The molecule has 2 aromatic heterocycles. The van der Waals surface area contributed by atoms with E-state index in [1.807, 2.05) is 17.8 Å². The quantitative estimate of drug-likeness (QED) is 0.852. The number of hydrogen-bond donors (Lipinski definition) is 1. The topological polar surface area (TPSA) is 69.6 Å². The van der Waals surface area contributed by atoms with Gasteiger partial charge in [-0.05, 0) is 18.6 Å². The van der Waals surface area contributed by atoms with Gasteiger partial charge in [-0.2, -0.15) is 5.10 Å². The third-order valence-electron chi connectivity index (χ3n) is 2.80. The fourth-order valence-corrected chi connectivity index (χ4v) is 1.79. The van der Waals surface area contributed by atoms with Crippen molar-refractivity contribution in [2.45, 2.75) is 25.8 Å². The van der Waals surface area contributed by atoms with Crippen LogP contribution in [0.4, 0.5) is 0 Å². The Bertz CT molecular complexity index is 477. The molecular formula is C12H17N5. The second-order valence-electron chi connectivity index (χ2n) is 4.05. The van der Waals surface area contributed by atoms with E-state index in [1.54, 1.807) is 6.20 Å². The maximum atomic E-state index is 6.12. The second-order valence-corrected chi connectivity index (χ2v) is 4.05. The highest BCUT2D eigenvalue weighted by atomic mass is 15.3.